The van der Waals surface area contributed by atoms with Crippen molar-refractivity contribution in [2.24, 2.45) is 0 Å². The van der Waals surface area contributed by atoms with E-state index in [-0.39, 0.29) is 18.2 Å². The van der Waals surface area contributed by atoms with Crippen LogP contribution >= 0.6 is 0 Å². The number of amides is 2. The van der Waals surface area contributed by atoms with Gasteiger partial charge in [-0.25, -0.2) is 4.98 Å². The molecule has 0 aliphatic carbocycles. The summed E-state index contributed by atoms with van der Waals surface area (Å²) in [6, 6.07) is 1.89. The quantitative estimate of drug-likeness (QED) is 0.740. The minimum Gasteiger partial charge on any atom is -0.370 e. The summed E-state index contributed by atoms with van der Waals surface area (Å²) in [7, 11) is 0. The Hall–Kier alpha value is -2.28. The monoisotopic (exact) mass is 303 g/mol. The summed E-state index contributed by atoms with van der Waals surface area (Å²) >= 11 is 0. The van der Waals surface area contributed by atoms with Crippen LogP contribution in [-0.2, 0) is 27.3 Å². The van der Waals surface area contributed by atoms with Crippen molar-refractivity contribution >= 4 is 24.4 Å². The smallest absolute Gasteiger partial charge is 0.248 e. The van der Waals surface area contributed by atoms with Crippen LogP contribution in [0.15, 0.2) is 6.07 Å². The van der Waals surface area contributed by atoms with Gasteiger partial charge in [0.15, 0.2) is 6.29 Å². The number of pyridine rings is 1. The normalized spacial score (nSPS) is 18.1. The summed E-state index contributed by atoms with van der Waals surface area (Å²) in [5.74, 6) is 0.468. The van der Waals surface area contributed by atoms with Crippen LogP contribution in [0.2, 0.25) is 0 Å². The average molecular weight is 303 g/mol. The molecule has 0 bridgehead atoms. The Kier molecular flexibility index (Phi) is 4.15. The largest absolute Gasteiger partial charge is 0.370 e. The van der Waals surface area contributed by atoms with Gasteiger partial charge in [0, 0.05) is 25.2 Å². The molecule has 0 N–H and O–H groups in total. The average Bonchev–Trinajstić information content (AvgIpc) is 2.55. The molecular weight excluding hydrogens is 286 g/mol. The van der Waals surface area contributed by atoms with E-state index < -0.39 is 0 Å². The van der Waals surface area contributed by atoms with Crippen molar-refractivity contribution < 1.29 is 19.1 Å². The molecule has 7 nitrogen and oxygen atoms in total. The van der Waals surface area contributed by atoms with E-state index in [9.17, 15) is 14.4 Å². The van der Waals surface area contributed by atoms with E-state index in [1.807, 2.05) is 6.07 Å². The van der Waals surface area contributed by atoms with Crippen molar-refractivity contribution in [2.75, 3.05) is 31.2 Å². The van der Waals surface area contributed by atoms with Gasteiger partial charge in [0.2, 0.25) is 12.3 Å². The first kappa shape index (κ1) is 14.6. The molecule has 0 saturated carbocycles. The SMILES string of the molecule is O=Cc1nc2c(cc1CN1CCOCC1=O)CCCN2C=O. The van der Waals surface area contributed by atoms with Gasteiger partial charge in [-0.1, -0.05) is 0 Å². The van der Waals surface area contributed by atoms with Crippen LogP contribution in [0.1, 0.15) is 28.0 Å². The highest BCUT2D eigenvalue weighted by Gasteiger charge is 2.24. The van der Waals surface area contributed by atoms with Crippen molar-refractivity contribution in [2.45, 2.75) is 19.4 Å². The first-order valence-corrected chi connectivity index (χ1v) is 7.28. The van der Waals surface area contributed by atoms with Crippen molar-refractivity contribution in [3.8, 4) is 0 Å². The van der Waals surface area contributed by atoms with Gasteiger partial charge in [0.25, 0.3) is 0 Å². The number of rotatable bonds is 4. The summed E-state index contributed by atoms with van der Waals surface area (Å²) in [6.07, 6.45) is 3.10. The van der Waals surface area contributed by atoms with Gasteiger partial charge >= 0.3 is 0 Å². The Balaban J connectivity index is 1.92. The Labute approximate surface area is 127 Å². The summed E-state index contributed by atoms with van der Waals surface area (Å²) in [6.45, 7) is 2.04. The molecule has 22 heavy (non-hydrogen) atoms. The molecule has 0 aromatic carbocycles. The third-order valence-corrected chi connectivity index (χ3v) is 3.99. The van der Waals surface area contributed by atoms with Crippen molar-refractivity contribution in [3.63, 3.8) is 0 Å². The number of anilines is 1. The van der Waals surface area contributed by atoms with Crippen molar-refractivity contribution in [1.29, 1.82) is 0 Å². The second-order valence-corrected chi connectivity index (χ2v) is 5.40. The highest BCUT2D eigenvalue weighted by molar-refractivity contribution is 5.81. The fourth-order valence-corrected chi connectivity index (χ4v) is 2.84. The van der Waals surface area contributed by atoms with E-state index in [2.05, 4.69) is 4.98 Å². The molecule has 2 aliphatic heterocycles. The minimum atomic E-state index is -0.0877. The van der Waals surface area contributed by atoms with Crippen LogP contribution in [0.5, 0.6) is 0 Å². The molecule has 0 unspecified atom stereocenters. The lowest BCUT2D eigenvalue weighted by molar-refractivity contribution is -0.143. The molecule has 0 radical (unpaired) electrons. The third-order valence-electron chi connectivity index (χ3n) is 3.99. The second kappa shape index (κ2) is 6.23. The summed E-state index contributed by atoms with van der Waals surface area (Å²) < 4.78 is 5.10. The van der Waals surface area contributed by atoms with Gasteiger partial charge < -0.3 is 9.64 Å². The van der Waals surface area contributed by atoms with Gasteiger partial charge in [-0.2, -0.15) is 0 Å². The number of hydrogen-bond donors (Lipinski definition) is 0. The molecule has 2 aliphatic rings. The van der Waals surface area contributed by atoms with E-state index in [4.69, 9.17) is 4.74 Å². The highest BCUT2D eigenvalue weighted by Crippen LogP contribution is 2.26. The molecule has 1 aromatic rings. The first-order valence-electron chi connectivity index (χ1n) is 7.28. The van der Waals surface area contributed by atoms with E-state index in [0.717, 1.165) is 30.4 Å². The van der Waals surface area contributed by atoms with Gasteiger partial charge in [-0.3, -0.25) is 19.3 Å². The third kappa shape index (κ3) is 2.71. The second-order valence-electron chi connectivity index (χ2n) is 5.40. The molecule has 1 saturated heterocycles. The number of aryl methyl sites for hydroxylation is 1. The van der Waals surface area contributed by atoms with E-state index in [1.165, 1.54) is 4.90 Å². The van der Waals surface area contributed by atoms with Crippen LogP contribution < -0.4 is 4.90 Å². The van der Waals surface area contributed by atoms with Gasteiger partial charge in [0.05, 0.1) is 6.61 Å². The lowest BCUT2D eigenvalue weighted by Gasteiger charge is -2.29. The number of carbonyl (C=O) groups excluding carboxylic acids is 3. The van der Waals surface area contributed by atoms with Gasteiger partial charge in [-0.05, 0) is 24.5 Å². The highest BCUT2D eigenvalue weighted by atomic mass is 16.5. The number of nitrogens with zero attached hydrogens (tertiary/aromatic N) is 3. The van der Waals surface area contributed by atoms with Crippen LogP contribution in [0.3, 0.4) is 0 Å². The molecule has 7 heteroatoms. The van der Waals surface area contributed by atoms with Gasteiger partial charge in [0.1, 0.15) is 18.1 Å². The Morgan fingerprint density at radius 2 is 2.18 bits per heavy atom. The maximum Gasteiger partial charge on any atom is 0.248 e. The predicted octanol–water partition coefficient (Wildman–Crippen LogP) is 0.162. The number of ether oxygens (including phenoxy) is 1. The maximum absolute atomic E-state index is 11.8. The fraction of sp³-hybridized carbons (Fsp3) is 0.467. The zero-order valence-electron chi connectivity index (χ0n) is 12.2. The standard InChI is InChI=1S/C15H17N3O4/c19-8-13-12(7-17-4-5-22-9-14(17)21)6-11-2-1-3-18(10-20)15(11)16-13/h6,8,10H,1-5,7,9H2. The topological polar surface area (TPSA) is 79.8 Å². The number of aromatic nitrogens is 1. The van der Waals surface area contributed by atoms with Gasteiger partial charge in [-0.15, -0.1) is 0 Å². The Bertz CT molecular complexity index is 617. The minimum absolute atomic E-state index is 0.0771. The number of carbonyl (C=O) groups is 3. The molecule has 3 rings (SSSR count). The van der Waals surface area contributed by atoms with Crippen molar-refractivity contribution in [3.05, 3.63) is 22.9 Å². The molecule has 2 amide bonds. The molecule has 1 fully saturated rings. The first-order chi connectivity index (χ1) is 10.7. The molecule has 3 heterocycles. The maximum atomic E-state index is 11.8. The number of fused-ring (bicyclic) bond motifs is 1. The van der Waals surface area contributed by atoms with Crippen LogP contribution in [-0.4, -0.2) is 54.8 Å². The molecule has 116 valence electrons. The zero-order chi connectivity index (χ0) is 15.5. The molecule has 0 spiro atoms. The summed E-state index contributed by atoms with van der Waals surface area (Å²) in [5, 5.41) is 0. The number of hydrogen-bond acceptors (Lipinski definition) is 5. The summed E-state index contributed by atoms with van der Waals surface area (Å²) in [5.41, 5.74) is 1.95. The lowest BCUT2D eigenvalue weighted by atomic mass is 10.0. The molecule has 1 aromatic heterocycles. The lowest BCUT2D eigenvalue weighted by Crippen LogP contribution is -2.41. The number of aldehydes is 1. The van der Waals surface area contributed by atoms with Crippen molar-refractivity contribution in [1.82, 2.24) is 9.88 Å². The van der Waals surface area contributed by atoms with Crippen LogP contribution in [0, 0.1) is 0 Å². The Morgan fingerprint density at radius 3 is 2.91 bits per heavy atom. The zero-order valence-corrected chi connectivity index (χ0v) is 12.2. The van der Waals surface area contributed by atoms with E-state index in [1.54, 1.807) is 4.90 Å². The fourth-order valence-electron chi connectivity index (χ4n) is 2.84. The number of morpholine rings is 1. The summed E-state index contributed by atoms with van der Waals surface area (Å²) in [4.78, 5) is 41.8. The Morgan fingerprint density at radius 1 is 1.32 bits per heavy atom. The predicted molar refractivity (Wildman–Crippen MR) is 77.6 cm³/mol. The van der Waals surface area contributed by atoms with Crippen LogP contribution in [0.4, 0.5) is 5.82 Å². The molecule has 0 atom stereocenters. The van der Waals surface area contributed by atoms with E-state index >= 15 is 0 Å². The van der Waals surface area contributed by atoms with E-state index in [0.29, 0.717) is 38.3 Å². The molecular formula is C15H17N3O4. The van der Waals surface area contributed by atoms with Crippen LogP contribution in [0.25, 0.3) is 0 Å².